The van der Waals surface area contributed by atoms with Crippen LogP contribution in [-0.4, -0.2) is 43.0 Å². The van der Waals surface area contributed by atoms with Gasteiger partial charge in [-0.05, 0) is 50.0 Å². The van der Waals surface area contributed by atoms with Gasteiger partial charge in [-0.3, -0.25) is 0 Å². The van der Waals surface area contributed by atoms with Gasteiger partial charge in [0.15, 0.2) is 0 Å². The van der Waals surface area contributed by atoms with Crippen molar-refractivity contribution in [3.63, 3.8) is 0 Å². The molecule has 0 aliphatic carbocycles. The third kappa shape index (κ3) is 6.30. The third-order valence-corrected chi connectivity index (χ3v) is 4.33. The lowest BCUT2D eigenvalue weighted by atomic mass is 10.2. The summed E-state index contributed by atoms with van der Waals surface area (Å²) in [4.78, 5) is 16.3. The summed E-state index contributed by atoms with van der Waals surface area (Å²) in [6.45, 7) is 1.65. The molecule has 2 aromatic carbocycles. The maximum absolute atomic E-state index is 13.9. The van der Waals surface area contributed by atoms with Crippen LogP contribution < -0.4 is 5.32 Å². The van der Waals surface area contributed by atoms with Gasteiger partial charge in [0.1, 0.15) is 5.82 Å². The highest BCUT2D eigenvalue weighted by Gasteiger charge is 2.16. The predicted molar refractivity (Wildman–Crippen MR) is 104 cm³/mol. The smallest absolute Gasteiger partial charge is 0.319 e. The van der Waals surface area contributed by atoms with Crippen molar-refractivity contribution in [2.24, 2.45) is 0 Å². The van der Waals surface area contributed by atoms with Gasteiger partial charge in [-0.2, -0.15) is 0 Å². The van der Waals surface area contributed by atoms with Crippen molar-refractivity contribution in [1.82, 2.24) is 9.80 Å². The molecule has 1 N–H and O–H groups in total. The molecule has 0 aromatic heterocycles. The molecule has 134 valence electrons. The largest absolute Gasteiger partial charge is 0.322 e. The van der Waals surface area contributed by atoms with Crippen LogP contribution in [0.1, 0.15) is 5.56 Å². The van der Waals surface area contributed by atoms with Crippen LogP contribution >= 0.6 is 27.5 Å². The first-order valence-corrected chi connectivity index (χ1v) is 8.92. The lowest BCUT2D eigenvalue weighted by molar-refractivity contribution is 0.202. The Kier molecular flexibility index (Phi) is 7.23. The molecule has 0 aliphatic heterocycles. The van der Waals surface area contributed by atoms with Gasteiger partial charge in [-0.15, -0.1) is 0 Å². The molecule has 2 rings (SSSR count). The number of hydrogen-bond acceptors (Lipinski definition) is 2. The predicted octanol–water partition coefficient (Wildman–Crippen LogP) is 4.84. The van der Waals surface area contributed by atoms with Crippen LogP contribution in [0.2, 0.25) is 5.02 Å². The Labute approximate surface area is 160 Å². The van der Waals surface area contributed by atoms with Crippen molar-refractivity contribution in [2.45, 2.75) is 6.54 Å². The van der Waals surface area contributed by atoms with E-state index in [1.54, 1.807) is 11.0 Å². The number of rotatable bonds is 6. The molecule has 25 heavy (non-hydrogen) atoms. The minimum atomic E-state index is -0.558. The Bertz CT molecular complexity index is 725. The average Bonchev–Trinajstić information content (AvgIpc) is 2.55. The van der Waals surface area contributed by atoms with Crippen LogP contribution in [0.4, 0.5) is 14.9 Å². The Morgan fingerprint density at radius 3 is 2.44 bits per heavy atom. The van der Waals surface area contributed by atoms with Crippen LogP contribution in [0.5, 0.6) is 0 Å². The van der Waals surface area contributed by atoms with Gasteiger partial charge in [-0.1, -0.05) is 39.7 Å². The van der Waals surface area contributed by atoms with Crippen molar-refractivity contribution >= 4 is 39.2 Å². The second-order valence-electron chi connectivity index (χ2n) is 5.91. The first-order valence-electron chi connectivity index (χ1n) is 7.75. The highest BCUT2D eigenvalue weighted by Crippen LogP contribution is 2.20. The fraction of sp³-hybridized carbons (Fsp3) is 0.278. The van der Waals surface area contributed by atoms with E-state index in [9.17, 15) is 9.18 Å². The summed E-state index contributed by atoms with van der Waals surface area (Å²) in [6, 6.07) is 11.6. The number of anilines is 1. The number of carbonyl (C=O) groups is 1. The molecule has 4 nitrogen and oxygen atoms in total. The first-order chi connectivity index (χ1) is 11.8. The van der Waals surface area contributed by atoms with E-state index in [4.69, 9.17) is 11.6 Å². The van der Waals surface area contributed by atoms with E-state index in [1.165, 1.54) is 12.1 Å². The fourth-order valence-electron chi connectivity index (χ4n) is 2.17. The van der Waals surface area contributed by atoms with Crippen LogP contribution in [0.15, 0.2) is 46.9 Å². The summed E-state index contributed by atoms with van der Waals surface area (Å²) >= 11 is 9.14. The summed E-state index contributed by atoms with van der Waals surface area (Å²) in [6.07, 6.45) is 0. The summed E-state index contributed by atoms with van der Waals surface area (Å²) in [7, 11) is 3.88. The number of likely N-dealkylation sites (N-methyl/N-ethyl adjacent to an activating group) is 1. The summed E-state index contributed by atoms with van der Waals surface area (Å²) in [5.74, 6) is -0.558. The Hall–Kier alpha value is -1.63. The minimum Gasteiger partial charge on any atom is -0.319 e. The highest BCUT2D eigenvalue weighted by atomic mass is 79.9. The molecule has 0 heterocycles. The zero-order valence-corrected chi connectivity index (χ0v) is 16.4. The highest BCUT2D eigenvalue weighted by molar-refractivity contribution is 9.10. The van der Waals surface area contributed by atoms with Gasteiger partial charge >= 0.3 is 6.03 Å². The molecule has 0 fully saturated rings. The second-order valence-corrected chi connectivity index (χ2v) is 7.26. The van der Waals surface area contributed by atoms with Crippen LogP contribution in [0, 0.1) is 5.82 Å². The quantitative estimate of drug-likeness (QED) is 0.715. The number of hydrogen-bond donors (Lipinski definition) is 1. The molecular weight excluding hydrogens is 409 g/mol. The normalized spacial score (nSPS) is 10.8. The number of benzene rings is 2. The van der Waals surface area contributed by atoms with Crippen molar-refractivity contribution in [2.75, 3.05) is 32.5 Å². The zero-order chi connectivity index (χ0) is 18.4. The molecule has 0 saturated carbocycles. The van der Waals surface area contributed by atoms with Crippen molar-refractivity contribution in [3.8, 4) is 0 Å². The number of nitrogens with one attached hydrogen (secondary N) is 1. The van der Waals surface area contributed by atoms with E-state index in [-0.39, 0.29) is 16.7 Å². The summed E-state index contributed by atoms with van der Waals surface area (Å²) in [5, 5.41) is 2.91. The molecular formula is C18H20BrClFN3O. The fourth-order valence-corrected chi connectivity index (χ4v) is 2.59. The van der Waals surface area contributed by atoms with Crippen LogP contribution in [0.3, 0.4) is 0 Å². The average molecular weight is 429 g/mol. The number of nitrogens with zero attached hydrogens (tertiary/aromatic N) is 2. The molecule has 0 spiro atoms. The molecule has 2 amide bonds. The standard InChI is InChI=1S/C18H20BrClFN3O/c1-23(2)9-10-24(12-13-3-5-14(19)6-4-13)18(25)22-17-8-7-15(20)11-16(17)21/h3-8,11H,9-10,12H2,1-2H3,(H,22,25). The molecule has 0 bridgehead atoms. The van der Waals surface area contributed by atoms with Crippen LogP contribution in [-0.2, 0) is 6.54 Å². The van der Waals surface area contributed by atoms with Crippen molar-refractivity contribution < 1.29 is 9.18 Å². The third-order valence-electron chi connectivity index (χ3n) is 3.56. The lowest BCUT2D eigenvalue weighted by Gasteiger charge is -2.25. The van der Waals surface area contributed by atoms with E-state index in [2.05, 4.69) is 21.2 Å². The number of carbonyl (C=O) groups excluding carboxylic acids is 1. The summed E-state index contributed by atoms with van der Waals surface area (Å²) in [5.41, 5.74) is 1.11. The van der Waals surface area contributed by atoms with E-state index < -0.39 is 5.82 Å². The van der Waals surface area contributed by atoms with Gasteiger partial charge in [0.05, 0.1) is 5.69 Å². The Morgan fingerprint density at radius 1 is 1.16 bits per heavy atom. The van der Waals surface area contributed by atoms with E-state index in [0.29, 0.717) is 19.6 Å². The zero-order valence-electron chi connectivity index (χ0n) is 14.1. The van der Waals surface area contributed by atoms with Gasteiger partial charge in [0, 0.05) is 29.1 Å². The number of amides is 2. The SMILES string of the molecule is CN(C)CCN(Cc1ccc(Br)cc1)C(=O)Nc1ccc(Cl)cc1F. The minimum absolute atomic E-state index is 0.111. The van der Waals surface area contributed by atoms with Crippen molar-refractivity contribution in [3.05, 3.63) is 63.3 Å². The second kappa shape index (κ2) is 9.17. The molecule has 0 unspecified atom stereocenters. The molecule has 0 saturated heterocycles. The topological polar surface area (TPSA) is 35.6 Å². The molecule has 0 radical (unpaired) electrons. The lowest BCUT2D eigenvalue weighted by Crippen LogP contribution is -2.39. The molecule has 2 aromatic rings. The first kappa shape index (κ1) is 19.7. The van der Waals surface area contributed by atoms with Crippen LogP contribution in [0.25, 0.3) is 0 Å². The Morgan fingerprint density at radius 2 is 1.84 bits per heavy atom. The molecule has 0 aliphatic rings. The van der Waals surface area contributed by atoms with Gasteiger partial charge in [-0.25, -0.2) is 9.18 Å². The van der Waals surface area contributed by atoms with Gasteiger partial charge in [0.2, 0.25) is 0 Å². The monoisotopic (exact) mass is 427 g/mol. The van der Waals surface area contributed by atoms with Gasteiger partial charge < -0.3 is 15.1 Å². The van der Waals surface area contributed by atoms with E-state index in [1.807, 2.05) is 43.3 Å². The maximum atomic E-state index is 13.9. The van der Waals surface area contributed by atoms with Crippen molar-refractivity contribution in [1.29, 1.82) is 0 Å². The molecule has 7 heteroatoms. The number of halogens is 3. The van der Waals surface area contributed by atoms with E-state index in [0.717, 1.165) is 10.0 Å². The Balaban J connectivity index is 2.12. The van der Waals surface area contributed by atoms with E-state index >= 15 is 0 Å². The number of urea groups is 1. The maximum Gasteiger partial charge on any atom is 0.322 e. The summed E-state index contributed by atoms with van der Waals surface area (Å²) < 4.78 is 14.9. The molecule has 0 atom stereocenters. The van der Waals surface area contributed by atoms with Gasteiger partial charge in [0.25, 0.3) is 0 Å².